The minimum atomic E-state index is -4.09. The monoisotopic (exact) mass is 289 g/mol. The minimum absolute atomic E-state index is 0.0912. The molecule has 0 aromatic carbocycles. The zero-order valence-electron chi connectivity index (χ0n) is 12.2. The summed E-state index contributed by atoms with van der Waals surface area (Å²) >= 11 is 0. The topological polar surface area (TPSA) is 37.8 Å². The second-order valence-corrected chi connectivity index (χ2v) is 4.86. The second-order valence-electron chi connectivity index (χ2n) is 4.86. The van der Waals surface area contributed by atoms with Crippen LogP contribution in [0.2, 0.25) is 0 Å². The molecule has 0 spiro atoms. The van der Waals surface area contributed by atoms with E-state index in [1.807, 2.05) is 26.8 Å². The molecule has 0 aliphatic rings. The molecule has 3 nitrogen and oxygen atoms in total. The predicted octanol–water partition coefficient (Wildman–Crippen LogP) is 3.73. The first-order chi connectivity index (χ1) is 9.37. The molecular weight excluding hydrogens is 267 g/mol. The normalized spacial score (nSPS) is 13.5. The second kappa shape index (κ2) is 7.57. The Bertz CT molecular complexity index is 419. The van der Waals surface area contributed by atoms with E-state index in [2.05, 4.69) is 15.5 Å². The molecule has 0 aliphatic carbocycles. The van der Waals surface area contributed by atoms with E-state index in [9.17, 15) is 13.2 Å². The lowest BCUT2D eigenvalue weighted by atomic mass is 9.98. The van der Waals surface area contributed by atoms with Crippen LogP contribution in [0, 0.1) is 6.92 Å². The molecule has 1 aromatic rings. The van der Waals surface area contributed by atoms with Gasteiger partial charge in [-0.3, -0.25) is 0 Å². The van der Waals surface area contributed by atoms with E-state index in [-0.39, 0.29) is 12.5 Å². The van der Waals surface area contributed by atoms with Crippen molar-refractivity contribution in [2.75, 3.05) is 6.54 Å². The highest BCUT2D eigenvalue weighted by atomic mass is 19.4. The summed E-state index contributed by atoms with van der Waals surface area (Å²) in [5.41, 5.74) is 2.62. The lowest BCUT2D eigenvalue weighted by molar-refractivity contribution is -0.135. The summed E-state index contributed by atoms with van der Waals surface area (Å²) in [6, 6.07) is 1.83. The van der Waals surface area contributed by atoms with Gasteiger partial charge < -0.3 is 5.32 Å². The van der Waals surface area contributed by atoms with Crippen molar-refractivity contribution >= 4 is 0 Å². The Morgan fingerprint density at radius 2 is 1.95 bits per heavy atom. The van der Waals surface area contributed by atoms with Crippen molar-refractivity contribution in [3.05, 3.63) is 23.0 Å². The van der Waals surface area contributed by atoms with E-state index < -0.39 is 12.6 Å². The van der Waals surface area contributed by atoms with Crippen molar-refractivity contribution < 1.29 is 13.2 Å². The van der Waals surface area contributed by atoms with Crippen LogP contribution < -0.4 is 5.32 Å². The number of hydrogen-bond donors (Lipinski definition) is 1. The van der Waals surface area contributed by atoms with Gasteiger partial charge in [0.05, 0.1) is 11.4 Å². The molecule has 114 valence electrons. The summed E-state index contributed by atoms with van der Waals surface area (Å²) < 4.78 is 36.8. The molecule has 1 heterocycles. The zero-order chi connectivity index (χ0) is 15.2. The molecule has 0 bridgehead atoms. The summed E-state index contributed by atoms with van der Waals surface area (Å²) in [5.74, 6) is 0. The van der Waals surface area contributed by atoms with E-state index >= 15 is 0 Å². The smallest absolute Gasteiger partial charge is 0.310 e. The number of aromatic nitrogens is 2. The Labute approximate surface area is 118 Å². The molecule has 0 saturated heterocycles. The lowest BCUT2D eigenvalue weighted by Gasteiger charge is -2.21. The third kappa shape index (κ3) is 5.45. The van der Waals surface area contributed by atoms with Gasteiger partial charge in [-0.15, -0.1) is 0 Å². The molecular formula is C14H22F3N3. The Balaban J connectivity index is 2.82. The standard InChI is InChI=1S/C14H22F3N3/c1-4-12-11(9-10(3)19-20-12)13(18-5-2)7-6-8-14(15,16)17/h9,13,18H,4-8H2,1-3H3. The highest BCUT2D eigenvalue weighted by Crippen LogP contribution is 2.27. The van der Waals surface area contributed by atoms with Crippen molar-refractivity contribution in [3.63, 3.8) is 0 Å². The third-order valence-electron chi connectivity index (χ3n) is 3.14. The quantitative estimate of drug-likeness (QED) is 0.831. The first kappa shape index (κ1) is 16.9. The molecule has 1 unspecified atom stereocenters. The fraction of sp³-hybridized carbons (Fsp3) is 0.714. The van der Waals surface area contributed by atoms with E-state index in [0.717, 1.165) is 23.4 Å². The van der Waals surface area contributed by atoms with Crippen LogP contribution in [0.4, 0.5) is 13.2 Å². The largest absolute Gasteiger partial charge is 0.389 e. The maximum atomic E-state index is 12.3. The Morgan fingerprint density at radius 3 is 2.50 bits per heavy atom. The Kier molecular flexibility index (Phi) is 6.39. The number of alkyl halides is 3. The Morgan fingerprint density at radius 1 is 1.25 bits per heavy atom. The van der Waals surface area contributed by atoms with Gasteiger partial charge in [-0.1, -0.05) is 13.8 Å². The minimum Gasteiger partial charge on any atom is -0.310 e. The van der Waals surface area contributed by atoms with Gasteiger partial charge in [0.2, 0.25) is 0 Å². The summed E-state index contributed by atoms with van der Waals surface area (Å²) in [6.45, 7) is 6.47. The number of nitrogens with one attached hydrogen (secondary N) is 1. The van der Waals surface area contributed by atoms with E-state index in [0.29, 0.717) is 13.0 Å². The predicted molar refractivity (Wildman–Crippen MR) is 72.5 cm³/mol. The van der Waals surface area contributed by atoms with Gasteiger partial charge in [0.25, 0.3) is 0 Å². The first-order valence-electron chi connectivity index (χ1n) is 7.00. The van der Waals surface area contributed by atoms with Gasteiger partial charge in [-0.2, -0.15) is 23.4 Å². The maximum absolute atomic E-state index is 12.3. The van der Waals surface area contributed by atoms with Crippen LogP contribution in [0.1, 0.15) is 56.1 Å². The SMILES string of the molecule is CCNC(CCCC(F)(F)F)c1cc(C)nnc1CC. The average Bonchev–Trinajstić information content (AvgIpc) is 2.36. The van der Waals surface area contributed by atoms with Crippen molar-refractivity contribution in [1.29, 1.82) is 0 Å². The number of rotatable bonds is 7. The van der Waals surface area contributed by atoms with Crippen LogP contribution in [-0.4, -0.2) is 22.9 Å². The molecule has 1 aromatic heterocycles. The number of halogens is 3. The Hall–Kier alpha value is -1.17. The molecule has 6 heteroatoms. The fourth-order valence-corrected chi connectivity index (χ4v) is 2.23. The number of hydrogen-bond acceptors (Lipinski definition) is 3. The molecule has 0 amide bonds. The van der Waals surface area contributed by atoms with Gasteiger partial charge in [0.15, 0.2) is 0 Å². The number of nitrogens with zero attached hydrogens (tertiary/aromatic N) is 2. The van der Waals surface area contributed by atoms with Crippen molar-refractivity contribution in [1.82, 2.24) is 15.5 Å². The summed E-state index contributed by atoms with van der Waals surface area (Å²) in [7, 11) is 0. The van der Waals surface area contributed by atoms with E-state index in [1.54, 1.807) is 0 Å². The first-order valence-corrected chi connectivity index (χ1v) is 7.00. The van der Waals surface area contributed by atoms with E-state index in [4.69, 9.17) is 0 Å². The van der Waals surface area contributed by atoms with Gasteiger partial charge in [-0.25, -0.2) is 0 Å². The summed E-state index contributed by atoms with van der Waals surface area (Å²) in [4.78, 5) is 0. The fourth-order valence-electron chi connectivity index (χ4n) is 2.23. The van der Waals surface area contributed by atoms with Crippen molar-refractivity contribution in [2.45, 2.75) is 58.7 Å². The van der Waals surface area contributed by atoms with Gasteiger partial charge in [0.1, 0.15) is 0 Å². The van der Waals surface area contributed by atoms with Crippen LogP contribution in [0.25, 0.3) is 0 Å². The van der Waals surface area contributed by atoms with E-state index in [1.165, 1.54) is 0 Å². The van der Waals surface area contributed by atoms with Crippen LogP contribution >= 0.6 is 0 Å². The molecule has 0 fully saturated rings. The molecule has 1 rings (SSSR count). The van der Waals surface area contributed by atoms with Crippen LogP contribution in [0.3, 0.4) is 0 Å². The van der Waals surface area contributed by atoms with Crippen LogP contribution in [-0.2, 0) is 6.42 Å². The zero-order valence-corrected chi connectivity index (χ0v) is 12.2. The van der Waals surface area contributed by atoms with Crippen molar-refractivity contribution in [3.8, 4) is 0 Å². The molecule has 20 heavy (non-hydrogen) atoms. The van der Waals surface area contributed by atoms with Crippen LogP contribution in [0.15, 0.2) is 6.07 Å². The van der Waals surface area contributed by atoms with Crippen molar-refractivity contribution in [2.24, 2.45) is 0 Å². The van der Waals surface area contributed by atoms with Gasteiger partial charge in [0, 0.05) is 12.5 Å². The van der Waals surface area contributed by atoms with Gasteiger partial charge in [-0.05, 0) is 44.4 Å². The van der Waals surface area contributed by atoms with Crippen LogP contribution in [0.5, 0.6) is 0 Å². The summed E-state index contributed by atoms with van der Waals surface area (Å²) in [5, 5.41) is 11.4. The summed E-state index contributed by atoms with van der Waals surface area (Å²) in [6.07, 6.45) is -3.54. The lowest BCUT2D eigenvalue weighted by Crippen LogP contribution is -2.23. The highest BCUT2D eigenvalue weighted by molar-refractivity contribution is 5.24. The molecule has 0 aliphatic heterocycles. The molecule has 1 N–H and O–H groups in total. The molecule has 0 radical (unpaired) electrons. The third-order valence-corrected chi connectivity index (χ3v) is 3.14. The average molecular weight is 289 g/mol. The number of aryl methyl sites for hydroxylation is 2. The highest BCUT2D eigenvalue weighted by Gasteiger charge is 2.27. The molecule has 0 saturated carbocycles. The molecule has 1 atom stereocenters. The van der Waals surface area contributed by atoms with Gasteiger partial charge >= 0.3 is 6.18 Å². The maximum Gasteiger partial charge on any atom is 0.389 e.